The summed E-state index contributed by atoms with van der Waals surface area (Å²) in [6.07, 6.45) is -0.342. The van der Waals surface area contributed by atoms with Crippen LogP contribution in [0.5, 0.6) is 11.5 Å². The number of ether oxygens (including phenoxy) is 3. The summed E-state index contributed by atoms with van der Waals surface area (Å²) >= 11 is 0. The van der Waals surface area contributed by atoms with Gasteiger partial charge in [0, 0.05) is 6.07 Å². The maximum atomic E-state index is 11.5. The minimum atomic E-state index is -0.597. The Kier molecular flexibility index (Phi) is 4.98. The number of benzene rings is 1. The van der Waals surface area contributed by atoms with E-state index in [-0.39, 0.29) is 6.42 Å². The molecule has 0 saturated heterocycles. The quantitative estimate of drug-likeness (QED) is 0.630. The molecule has 0 radical (unpaired) electrons. The van der Waals surface area contributed by atoms with Crippen molar-refractivity contribution in [3.05, 3.63) is 18.2 Å². The van der Waals surface area contributed by atoms with Crippen molar-refractivity contribution in [3.63, 3.8) is 0 Å². The van der Waals surface area contributed by atoms with E-state index in [9.17, 15) is 9.59 Å². The van der Waals surface area contributed by atoms with Crippen LogP contribution in [0, 0.1) is 0 Å². The highest BCUT2D eigenvalue weighted by molar-refractivity contribution is 6.02. The Morgan fingerprint density at radius 1 is 1.17 bits per heavy atom. The number of nitrogens with one attached hydrogen (secondary N) is 1. The number of anilines is 1. The van der Waals surface area contributed by atoms with Crippen molar-refractivity contribution in [1.29, 1.82) is 0 Å². The lowest BCUT2D eigenvalue weighted by atomic mass is 10.2. The van der Waals surface area contributed by atoms with E-state index in [2.05, 4.69) is 10.1 Å². The van der Waals surface area contributed by atoms with Crippen LogP contribution in [0.4, 0.5) is 5.69 Å². The summed E-state index contributed by atoms with van der Waals surface area (Å²) in [7, 11) is 4.23. The van der Waals surface area contributed by atoms with Gasteiger partial charge in [-0.25, -0.2) is 0 Å². The molecule has 6 heteroatoms. The summed E-state index contributed by atoms with van der Waals surface area (Å²) in [5.41, 5.74) is 0.465. The predicted octanol–water partition coefficient (Wildman–Crippen LogP) is 1.21. The zero-order valence-electron chi connectivity index (χ0n) is 10.5. The molecule has 1 rings (SSSR count). The Balaban J connectivity index is 2.77. The van der Waals surface area contributed by atoms with Crippen molar-refractivity contribution in [2.45, 2.75) is 6.42 Å². The van der Waals surface area contributed by atoms with E-state index in [1.807, 2.05) is 0 Å². The molecule has 0 heterocycles. The maximum Gasteiger partial charge on any atom is 0.315 e. The molecule has 1 aromatic carbocycles. The molecule has 1 amide bonds. The number of hydrogen-bond acceptors (Lipinski definition) is 5. The van der Waals surface area contributed by atoms with E-state index in [0.29, 0.717) is 17.2 Å². The Morgan fingerprint density at radius 3 is 2.44 bits per heavy atom. The molecule has 0 atom stereocenters. The molecule has 0 aliphatic heterocycles. The van der Waals surface area contributed by atoms with E-state index in [1.165, 1.54) is 21.3 Å². The highest BCUT2D eigenvalue weighted by atomic mass is 16.5. The third-order valence-electron chi connectivity index (χ3n) is 2.22. The summed E-state index contributed by atoms with van der Waals surface area (Å²) in [4.78, 5) is 22.4. The number of hydrogen-bond donors (Lipinski definition) is 1. The average molecular weight is 253 g/mol. The molecular weight excluding hydrogens is 238 g/mol. The highest BCUT2D eigenvalue weighted by Crippen LogP contribution is 2.28. The van der Waals surface area contributed by atoms with Crippen LogP contribution < -0.4 is 14.8 Å². The van der Waals surface area contributed by atoms with Crippen LogP contribution in [-0.4, -0.2) is 33.2 Å². The summed E-state index contributed by atoms with van der Waals surface area (Å²) in [6, 6.07) is 4.94. The SMILES string of the molecule is COC(=O)CC(=O)Nc1ccc(OC)cc1OC. The number of methoxy groups -OCH3 is 3. The molecule has 0 fully saturated rings. The van der Waals surface area contributed by atoms with Gasteiger partial charge >= 0.3 is 5.97 Å². The zero-order valence-corrected chi connectivity index (χ0v) is 10.5. The Hall–Kier alpha value is -2.24. The number of rotatable bonds is 5. The maximum absolute atomic E-state index is 11.5. The van der Waals surface area contributed by atoms with Gasteiger partial charge in [-0.2, -0.15) is 0 Å². The molecule has 0 unspecified atom stereocenters. The summed E-state index contributed by atoms with van der Waals surface area (Å²) in [5.74, 6) is -0.00400. The van der Waals surface area contributed by atoms with Gasteiger partial charge in [0.05, 0.1) is 27.0 Å². The largest absolute Gasteiger partial charge is 0.497 e. The van der Waals surface area contributed by atoms with Gasteiger partial charge in [0.2, 0.25) is 5.91 Å². The summed E-state index contributed by atoms with van der Waals surface area (Å²) < 4.78 is 14.5. The Labute approximate surface area is 105 Å². The lowest BCUT2D eigenvalue weighted by Crippen LogP contribution is -2.17. The third kappa shape index (κ3) is 3.65. The fraction of sp³-hybridized carbons (Fsp3) is 0.333. The molecule has 6 nitrogen and oxygen atoms in total. The van der Waals surface area contributed by atoms with Crippen LogP contribution in [0.3, 0.4) is 0 Å². The molecule has 0 aliphatic carbocycles. The topological polar surface area (TPSA) is 73.9 Å². The molecular formula is C12H15NO5. The van der Waals surface area contributed by atoms with E-state index in [4.69, 9.17) is 9.47 Å². The first kappa shape index (κ1) is 13.8. The lowest BCUT2D eigenvalue weighted by Gasteiger charge is -2.11. The molecule has 1 N–H and O–H groups in total. The smallest absolute Gasteiger partial charge is 0.315 e. The monoisotopic (exact) mass is 253 g/mol. The van der Waals surface area contributed by atoms with Gasteiger partial charge < -0.3 is 19.5 Å². The molecule has 0 aliphatic rings. The summed E-state index contributed by atoms with van der Waals surface area (Å²) in [5, 5.41) is 2.56. The van der Waals surface area contributed by atoms with Crippen LogP contribution in [0.25, 0.3) is 0 Å². The normalized spacial score (nSPS) is 9.50. The highest BCUT2D eigenvalue weighted by Gasteiger charge is 2.12. The van der Waals surface area contributed by atoms with Crippen LogP contribution in [0.1, 0.15) is 6.42 Å². The van der Waals surface area contributed by atoms with Gasteiger partial charge in [0.25, 0.3) is 0 Å². The molecule has 1 aromatic rings. The summed E-state index contributed by atoms with van der Waals surface area (Å²) in [6.45, 7) is 0. The van der Waals surface area contributed by atoms with Gasteiger partial charge in [0.15, 0.2) is 0 Å². The van der Waals surface area contributed by atoms with Gasteiger partial charge in [-0.1, -0.05) is 0 Å². The van der Waals surface area contributed by atoms with Gasteiger partial charge in [-0.15, -0.1) is 0 Å². The number of carbonyl (C=O) groups excluding carboxylic acids is 2. The van der Waals surface area contributed by atoms with Crippen molar-refractivity contribution in [2.24, 2.45) is 0 Å². The van der Waals surface area contributed by atoms with E-state index >= 15 is 0 Å². The number of esters is 1. The minimum Gasteiger partial charge on any atom is -0.497 e. The zero-order chi connectivity index (χ0) is 13.5. The van der Waals surface area contributed by atoms with Crippen LogP contribution in [-0.2, 0) is 14.3 Å². The molecule has 0 aromatic heterocycles. The standard InChI is InChI=1S/C12H15NO5/c1-16-8-4-5-9(10(6-8)17-2)13-11(14)7-12(15)18-3/h4-6H,7H2,1-3H3,(H,13,14). The molecule has 0 bridgehead atoms. The van der Waals surface area contributed by atoms with E-state index in [1.54, 1.807) is 18.2 Å². The number of amides is 1. The third-order valence-corrected chi connectivity index (χ3v) is 2.22. The Bertz CT molecular complexity index is 444. The van der Waals surface area contributed by atoms with Crippen molar-refractivity contribution >= 4 is 17.6 Å². The molecule has 98 valence electrons. The first-order valence-electron chi connectivity index (χ1n) is 5.19. The van der Waals surface area contributed by atoms with Crippen molar-refractivity contribution in [3.8, 4) is 11.5 Å². The van der Waals surface area contributed by atoms with E-state index in [0.717, 1.165) is 0 Å². The second-order valence-electron chi connectivity index (χ2n) is 3.37. The van der Waals surface area contributed by atoms with Crippen LogP contribution in [0.15, 0.2) is 18.2 Å². The van der Waals surface area contributed by atoms with Gasteiger partial charge in [0.1, 0.15) is 17.9 Å². The van der Waals surface area contributed by atoms with Crippen molar-refractivity contribution < 1.29 is 23.8 Å². The van der Waals surface area contributed by atoms with Crippen LogP contribution >= 0.6 is 0 Å². The first-order valence-corrected chi connectivity index (χ1v) is 5.19. The second-order valence-corrected chi connectivity index (χ2v) is 3.37. The number of carbonyl (C=O) groups is 2. The average Bonchev–Trinajstić information content (AvgIpc) is 2.38. The van der Waals surface area contributed by atoms with E-state index < -0.39 is 11.9 Å². The van der Waals surface area contributed by atoms with Gasteiger partial charge in [-0.3, -0.25) is 9.59 Å². The Morgan fingerprint density at radius 2 is 1.89 bits per heavy atom. The predicted molar refractivity (Wildman–Crippen MR) is 64.8 cm³/mol. The van der Waals surface area contributed by atoms with Crippen LogP contribution in [0.2, 0.25) is 0 Å². The molecule has 18 heavy (non-hydrogen) atoms. The second kappa shape index (κ2) is 6.48. The van der Waals surface area contributed by atoms with Crippen molar-refractivity contribution in [2.75, 3.05) is 26.6 Å². The molecule has 0 saturated carbocycles. The van der Waals surface area contributed by atoms with Crippen molar-refractivity contribution in [1.82, 2.24) is 0 Å². The fourth-order valence-corrected chi connectivity index (χ4v) is 1.30. The first-order chi connectivity index (χ1) is 8.60. The van der Waals surface area contributed by atoms with Gasteiger partial charge in [-0.05, 0) is 12.1 Å². The molecule has 0 spiro atoms. The minimum absolute atomic E-state index is 0.342. The lowest BCUT2D eigenvalue weighted by molar-refractivity contribution is -0.142. The fourth-order valence-electron chi connectivity index (χ4n) is 1.30.